The van der Waals surface area contributed by atoms with Crippen LogP contribution >= 0.6 is 0 Å². The number of hydrogen-bond donors (Lipinski definition) is 2. The molecule has 0 radical (unpaired) electrons. The lowest BCUT2D eigenvalue weighted by molar-refractivity contribution is 0.0534. The number of cyclic esters (lactones) is 1. The van der Waals surface area contributed by atoms with Gasteiger partial charge in [0.1, 0.15) is 6.61 Å². The van der Waals surface area contributed by atoms with Gasteiger partial charge in [-0.05, 0) is 37.0 Å². The molecule has 0 amide bonds. The average Bonchev–Trinajstić information content (AvgIpc) is 3.18. The molecule has 0 bridgehead atoms. The number of β-amino-alcohol motifs (C(OH)–C–C–N with tert-alkyl or cyclic N) is 1. The zero-order valence-electron chi connectivity index (χ0n) is 12.9. The largest absolute Gasteiger partial charge is 0.457 e. The Kier molecular flexibility index (Phi) is 3.25. The maximum Gasteiger partial charge on any atom is 0.338 e. The van der Waals surface area contributed by atoms with E-state index in [1.807, 2.05) is 13.0 Å². The van der Waals surface area contributed by atoms with Gasteiger partial charge >= 0.3 is 5.97 Å². The number of piperazine rings is 1. The summed E-state index contributed by atoms with van der Waals surface area (Å²) in [5, 5.41) is 14.2. The number of nitrogens with zero attached hydrogens (tertiary/aromatic N) is 1. The van der Waals surface area contributed by atoms with Crippen LogP contribution in [0.25, 0.3) is 0 Å². The van der Waals surface area contributed by atoms with E-state index in [0.717, 1.165) is 36.3 Å². The van der Waals surface area contributed by atoms with Crippen LogP contribution < -0.4 is 5.32 Å². The van der Waals surface area contributed by atoms with Gasteiger partial charge in [0.05, 0.1) is 11.7 Å². The number of fused-ring (bicyclic) bond motifs is 1. The Morgan fingerprint density at radius 3 is 3.05 bits per heavy atom. The number of esters is 1. The van der Waals surface area contributed by atoms with Crippen LogP contribution in [0.3, 0.4) is 0 Å². The maximum atomic E-state index is 11.6. The molecular formula is C17H22N2O3. The molecule has 1 aromatic carbocycles. The molecule has 4 rings (SSSR count). The predicted octanol–water partition coefficient (Wildman–Crippen LogP) is 1.14. The second-order valence-corrected chi connectivity index (χ2v) is 6.74. The third-order valence-corrected chi connectivity index (χ3v) is 5.47. The van der Waals surface area contributed by atoms with Gasteiger partial charge in [-0.2, -0.15) is 0 Å². The van der Waals surface area contributed by atoms with E-state index in [4.69, 9.17) is 4.74 Å². The summed E-state index contributed by atoms with van der Waals surface area (Å²) in [7, 11) is 0. The zero-order chi connectivity index (χ0) is 15.3. The van der Waals surface area contributed by atoms with Gasteiger partial charge in [-0.15, -0.1) is 0 Å². The van der Waals surface area contributed by atoms with Crippen molar-refractivity contribution in [3.63, 3.8) is 0 Å². The fourth-order valence-electron chi connectivity index (χ4n) is 3.84. The number of carbonyl (C=O) groups excluding carboxylic acids is 1. The number of rotatable bonds is 3. The van der Waals surface area contributed by atoms with Gasteiger partial charge < -0.3 is 15.2 Å². The highest BCUT2D eigenvalue weighted by atomic mass is 16.5. The van der Waals surface area contributed by atoms with Gasteiger partial charge in [0, 0.05) is 37.3 Å². The fourth-order valence-corrected chi connectivity index (χ4v) is 3.84. The monoisotopic (exact) mass is 302 g/mol. The highest BCUT2D eigenvalue weighted by molar-refractivity contribution is 5.93. The van der Waals surface area contributed by atoms with E-state index < -0.39 is 6.10 Å². The van der Waals surface area contributed by atoms with Gasteiger partial charge in [-0.25, -0.2) is 4.79 Å². The summed E-state index contributed by atoms with van der Waals surface area (Å²) in [4.78, 5) is 14.0. The predicted molar refractivity (Wildman–Crippen MR) is 81.7 cm³/mol. The molecule has 1 saturated heterocycles. The smallest absolute Gasteiger partial charge is 0.338 e. The number of benzene rings is 1. The Labute approximate surface area is 130 Å². The minimum atomic E-state index is -0.517. The highest BCUT2D eigenvalue weighted by Gasteiger charge is 2.49. The lowest BCUT2D eigenvalue weighted by Crippen LogP contribution is -2.54. The summed E-state index contributed by atoms with van der Waals surface area (Å²) in [5.74, 6) is -0.252. The molecule has 1 spiro atoms. The van der Waals surface area contributed by atoms with Crippen LogP contribution in [0.5, 0.6) is 0 Å². The molecule has 2 heterocycles. The summed E-state index contributed by atoms with van der Waals surface area (Å²) >= 11 is 0. The minimum Gasteiger partial charge on any atom is -0.457 e. The lowest BCUT2D eigenvalue weighted by atomic mass is 9.94. The lowest BCUT2D eigenvalue weighted by Gasteiger charge is -2.38. The van der Waals surface area contributed by atoms with Gasteiger partial charge in [0.25, 0.3) is 0 Å². The van der Waals surface area contributed by atoms with Gasteiger partial charge in [-0.1, -0.05) is 6.07 Å². The highest BCUT2D eigenvalue weighted by Crippen LogP contribution is 2.43. The van der Waals surface area contributed by atoms with Crippen molar-refractivity contribution in [2.75, 3.05) is 26.2 Å². The molecular weight excluding hydrogens is 280 g/mol. The molecule has 1 aliphatic carbocycles. The molecule has 1 atom stereocenters. The van der Waals surface area contributed by atoms with Gasteiger partial charge in [-0.3, -0.25) is 4.90 Å². The molecule has 2 aliphatic heterocycles. The van der Waals surface area contributed by atoms with Crippen molar-refractivity contribution in [3.8, 4) is 0 Å². The third kappa shape index (κ3) is 2.16. The first-order chi connectivity index (χ1) is 10.6. The van der Waals surface area contributed by atoms with E-state index in [0.29, 0.717) is 18.7 Å². The standard InChI is InChI=1S/C17H22N2O3/c1-11-12(2-3-13-14(11)9-22-16(13)21)15(20)8-19-7-6-18-10-17(19)4-5-17/h2-3,15,18,20H,4-10H2,1H3/t15-/m0/s1. The minimum absolute atomic E-state index is 0.252. The van der Waals surface area contributed by atoms with Crippen LogP contribution in [-0.4, -0.2) is 47.7 Å². The molecule has 118 valence electrons. The number of aliphatic hydroxyl groups is 1. The summed E-state index contributed by atoms with van der Waals surface area (Å²) in [5.41, 5.74) is 3.78. The summed E-state index contributed by atoms with van der Waals surface area (Å²) in [6, 6.07) is 3.67. The molecule has 1 aromatic rings. The van der Waals surface area contributed by atoms with E-state index >= 15 is 0 Å². The molecule has 5 nitrogen and oxygen atoms in total. The Bertz CT molecular complexity index is 625. The van der Waals surface area contributed by atoms with E-state index in [-0.39, 0.29) is 11.5 Å². The van der Waals surface area contributed by atoms with Crippen molar-refractivity contribution in [2.24, 2.45) is 0 Å². The molecule has 1 saturated carbocycles. The van der Waals surface area contributed by atoms with Gasteiger partial charge in [0.2, 0.25) is 0 Å². The quantitative estimate of drug-likeness (QED) is 0.820. The van der Waals surface area contributed by atoms with Crippen LogP contribution in [0, 0.1) is 6.92 Å². The van der Waals surface area contributed by atoms with Gasteiger partial charge in [0.15, 0.2) is 0 Å². The maximum absolute atomic E-state index is 11.6. The number of aliphatic hydroxyl groups excluding tert-OH is 1. The van der Waals surface area contributed by atoms with Crippen molar-refractivity contribution in [3.05, 3.63) is 34.4 Å². The first-order valence-electron chi connectivity index (χ1n) is 8.04. The first-order valence-corrected chi connectivity index (χ1v) is 8.04. The van der Waals surface area contributed by atoms with Crippen LogP contribution in [0.4, 0.5) is 0 Å². The van der Waals surface area contributed by atoms with E-state index in [1.54, 1.807) is 6.07 Å². The van der Waals surface area contributed by atoms with E-state index in [2.05, 4.69) is 10.2 Å². The normalized spacial score (nSPS) is 24.2. The topological polar surface area (TPSA) is 61.8 Å². The van der Waals surface area contributed by atoms with Crippen molar-refractivity contribution >= 4 is 5.97 Å². The summed E-state index contributed by atoms with van der Waals surface area (Å²) in [6.45, 7) is 5.98. The Morgan fingerprint density at radius 2 is 2.27 bits per heavy atom. The second kappa shape index (κ2) is 5.05. The van der Waals surface area contributed by atoms with Crippen molar-refractivity contribution in [1.29, 1.82) is 0 Å². The fraction of sp³-hybridized carbons (Fsp3) is 0.588. The van der Waals surface area contributed by atoms with E-state index in [9.17, 15) is 9.90 Å². The van der Waals surface area contributed by atoms with Crippen LogP contribution in [0.1, 0.15) is 46.0 Å². The molecule has 2 fully saturated rings. The van der Waals surface area contributed by atoms with Crippen LogP contribution in [0.15, 0.2) is 12.1 Å². The number of carbonyl (C=O) groups is 1. The molecule has 3 aliphatic rings. The SMILES string of the molecule is Cc1c([C@@H](O)CN2CCNCC23CC3)ccc2c1COC2=O. The summed E-state index contributed by atoms with van der Waals surface area (Å²) in [6.07, 6.45) is 1.92. The number of nitrogens with one attached hydrogen (secondary N) is 1. The third-order valence-electron chi connectivity index (χ3n) is 5.47. The summed E-state index contributed by atoms with van der Waals surface area (Å²) < 4.78 is 5.09. The zero-order valence-corrected chi connectivity index (χ0v) is 12.9. The first kappa shape index (κ1) is 14.2. The molecule has 2 N–H and O–H groups in total. The molecule has 22 heavy (non-hydrogen) atoms. The van der Waals surface area contributed by atoms with Crippen molar-refractivity contribution in [1.82, 2.24) is 10.2 Å². The second-order valence-electron chi connectivity index (χ2n) is 6.74. The van der Waals surface area contributed by atoms with Crippen LogP contribution in [0.2, 0.25) is 0 Å². The van der Waals surface area contributed by atoms with Crippen LogP contribution in [-0.2, 0) is 11.3 Å². The van der Waals surface area contributed by atoms with Crippen molar-refractivity contribution < 1.29 is 14.6 Å². The average molecular weight is 302 g/mol. The molecule has 0 aromatic heterocycles. The Morgan fingerprint density at radius 1 is 1.45 bits per heavy atom. The van der Waals surface area contributed by atoms with E-state index in [1.165, 1.54) is 12.8 Å². The number of hydrogen-bond acceptors (Lipinski definition) is 5. The Balaban J connectivity index is 1.56. The molecule has 0 unspecified atom stereocenters. The molecule has 5 heteroatoms. The number of ether oxygens (including phenoxy) is 1. The van der Waals surface area contributed by atoms with Crippen molar-refractivity contribution in [2.45, 2.75) is 38.0 Å². The Hall–Kier alpha value is -1.43.